The molecule has 0 saturated carbocycles. The molecule has 0 spiro atoms. The molecule has 0 fully saturated rings. The molecular formula is C38H25NO. The van der Waals surface area contributed by atoms with Gasteiger partial charge < -0.3 is 8.98 Å². The second-order valence-corrected chi connectivity index (χ2v) is 10.2. The van der Waals surface area contributed by atoms with Gasteiger partial charge in [0.05, 0.1) is 11.2 Å². The highest BCUT2D eigenvalue weighted by Gasteiger charge is 2.16. The van der Waals surface area contributed by atoms with E-state index in [-0.39, 0.29) is 0 Å². The van der Waals surface area contributed by atoms with Crippen LogP contribution in [0.4, 0.5) is 0 Å². The molecule has 8 aromatic rings. The molecule has 2 aromatic heterocycles. The summed E-state index contributed by atoms with van der Waals surface area (Å²) in [6, 6.07) is 53.6. The van der Waals surface area contributed by atoms with Crippen LogP contribution in [0.2, 0.25) is 0 Å². The van der Waals surface area contributed by atoms with Gasteiger partial charge in [0.25, 0.3) is 0 Å². The Balaban J connectivity index is 1.22. The first-order valence-corrected chi connectivity index (χ1v) is 13.6. The molecule has 2 heterocycles. The highest BCUT2D eigenvalue weighted by atomic mass is 16.3. The summed E-state index contributed by atoms with van der Waals surface area (Å²) in [5.41, 5.74) is 6.84. The highest BCUT2D eigenvalue weighted by molar-refractivity contribution is 6.12. The number of rotatable bonds is 4. The minimum atomic E-state index is 0.846. The van der Waals surface area contributed by atoms with E-state index in [0.29, 0.717) is 0 Å². The summed E-state index contributed by atoms with van der Waals surface area (Å²) in [6.07, 6.45) is 0. The van der Waals surface area contributed by atoms with Crippen LogP contribution in [-0.4, -0.2) is 4.57 Å². The molecule has 0 aliphatic rings. The van der Waals surface area contributed by atoms with Gasteiger partial charge in [0.2, 0.25) is 0 Å². The molecule has 188 valence electrons. The lowest BCUT2D eigenvalue weighted by Gasteiger charge is -2.12. The summed E-state index contributed by atoms with van der Waals surface area (Å²) in [4.78, 5) is 0. The van der Waals surface area contributed by atoms with Gasteiger partial charge in [-0.2, -0.15) is 0 Å². The van der Waals surface area contributed by atoms with Gasteiger partial charge in [-0.1, -0.05) is 109 Å². The van der Waals surface area contributed by atoms with E-state index in [4.69, 9.17) is 4.42 Å². The number of hydrogen-bond donors (Lipinski definition) is 0. The second kappa shape index (κ2) is 9.14. The Morgan fingerprint density at radius 3 is 1.73 bits per heavy atom. The number of para-hydroxylation sites is 2. The molecule has 0 N–H and O–H groups in total. The summed E-state index contributed by atoms with van der Waals surface area (Å²) < 4.78 is 8.78. The van der Waals surface area contributed by atoms with Gasteiger partial charge in [-0.05, 0) is 75.1 Å². The maximum Gasteiger partial charge on any atom is 0.151 e. The number of nitrogens with zero attached hydrogens (tertiary/aromatic N) is 1. The van der Waals surface area contributed by atoms with Crippen LogP contribution >= 0.6 is 0 Å². The van der Waals surface area contributed by atoms with Gasteiger partial charge in [0.1, 0.15) is 5.76 Å². The predicted molar refractivity (Wildman–Crippen MR) is 167 cm³/mol. The van der Waals surface area contributed by atoms with Crippen LogP contribution in [-0.2, 0) is 0 Å². The molecule has 0 bridgehead atoms. The van der Waals surface area contributed by atoms with E-state index in [0.717, 1.165) is 34.0 Å². The summed E-state index contributed by atoms with van der Waals surface area (Å²) in [6.45, 7) is 0. The zero-order valence-corrected chi connectivity index (χ0v) is 21.8. The fraction of sp³-hybridized carbons (Fsp3) is 0. The molecule has 6 aromatic carbocycles. The molecule has 0 saturated heterocycles. The lowest BCUT2D eigenvalue weighted by Crippen LogP contribution is -1.95. The quantitative estimate of drug-likeness (QED) is 0.215. The molecule has 0 aliphatic carbocycles. The average Bonchev–Trinajstić information content (AvgIpc) is 3.66. The Bertz CT molecular complexity index is 2090. The number of benzene rings is 6. The molecule has 2 nitrogen and oxygen atoms in total. The summed E-state index contributed by atoms with van der Waals surface area (Å²) >= 11 is 0. The average molecular weight is 512 g/mol. The zero-order valence-electron chi connectivity index (χ0n) is 21.8. The third-order valence-corrected chi connectivity index (χ3v) is 7.81. The normalized spacial score (nSPS) is 11.5. The lowest BCUT2D eigenvalue weighted by molar-refractivity contribution is 0.594. The van der Waals surface area contributed by atoms with Crippen LogP contribution in [0, 0.1) is 0 Å². The Kier molecular flexibility index (Phi) is 5.17. The minimum Gasteiger partial charge on any atom is -0.455 e. The SMILES string of the molecule is c1ccc(-n2c(-c3ccc(-c4ccc(-c5c6ccccc6cc6ccccc56)cc4)o3)cc3ccccc32)cc1. The van der Waals surface area contributed by atoms with Crippen LogP contribution < -0.4 is 0 Å². The molecular weight excluding hydrogens is 486 g/mol. The summed E-state index contributed by atoms with van der Waals surface area (Å²) in [7, 11) is 0. The minimum absolute atomic E-state index is 0.846. The van der Waals surface area contributed by atoms with E-state index in [1.165, 1.54) is 38.1 Å². The van der Waals surface area contributed by atoms with E-state index in [9.17, 15) is 0 Å². The van der Waals surface area contributed by atoms with Crippen LogP contribution in [0.1, 0.15) is 0 Å². The van der Waals surface area contributed by atoms with Crippen LogP contribution in [0.5, 0.6) is 0 Å². The predicted octanol–water partition coefficient (Wildman–Crippen LogP) is 10.5. The van der Waals surface area contributed by atoms with E-state index in [1.807, 2.05) is 6.07 Å². The van der Waals surface area contributed by atoms with Crippen molar-refractivity contribution < 1.29 is 4.42 Å². The number of aromatic nitrogens is 1. The van der Waals surface area contributed by atoms with Crippen molar-refractivity contribution in [3.05, 3.63) is 152 Å². The molecule has 2 heteroatoms. The van der Waals surface area contributed by atoms with Crippen molar-refractivity contribution in [3.8, 4) is 39.6 Å². The van der Waals surface area contributed by atoms with Crippen LogP contribution in [0.15, 0.2) is 156 Å². The monoisotopic (exact) mass is 511 g/mol. The Labute approximate surface area is 232 Å². The standard InChI is InChI=1S/C38H25NO/c1-2-13-31(14-3-1)39-34-17-9-6-12-30(34)25-35(39)37-23-22-36(40-37)26-18-20-27(21-19-26)38-32-15-7-4-10-28(32)24-29-11-5-8-16-33(29)38/h1-25H. The van der Waals surface area contributed by atoms with Crippen molar-refractivity contribution in [3.63, 3.8) is 0 Å². The Morgan fingerprint density at radius 1 is 0.425 bits per heavy atom. The summed E-state index contributed by atoms with van der Waals surface area (Å²) in [5.74, 6) is 1.70. The lowest BCUT2D eigenvalue weighted by atomic mass is 9.91. The summed E-state index contributed by atoms with van der Waals surface area (Å²) in [5, 5.41) is 6.23. The maximum absolute atomic E-state index is 6.51. The van der Waals surface area contributed by atoms with Gasteiger partial charge in [-0.25, -0.2) is 0 Å². The zero-order chi connectivity index (χ0) is 26.5. The first kappa shape index (κ1) is 22.6. The van der Waals surface area contributed by atoms with Gasteiger partial charge in [-0.15, -0.1) is 0 Å². The smallest absolute Gasteiger partial charge is 0.151 e. The molecule has 0 radical (unpaired) electrons. The second-order valence-electron chi connectivity index (χ2n) is 10.2. The van der Waals surface area contributed by atoms with E-state index < -0.39 is 0 Å². The number of fused-ring (bicyclic) bond motifs is 3. The number of furan rings is 1. The number of hydrogen-bond acceptors (Lipinski definition) is 1. The molecule has 0 amide bonds. The van der Waals surface area contributed by atoms with Gasteiger partial charge in [0.15, 0.2) is 5.76 Å². The highest BCUT2D eigenvalue weighted by Crippen LogP contribution is 2.38. The third-order valence-electron chi connectivity index (χ3n) is 7.81. The van der Waals surface area contributed by atoms with Gasteiger partial charge in [-0.3, -0.25) is 0 Å². The van der Waals surface area contributed by atoms with Gasteiger partial charge in [0, 0.05) is 16.6 Å². The fourth-order valence-electron chi connectivity index (χ4n) is 5.95. The molecule has 0 unspecified atom stereocenters. The Hall–Kier alpha value is -5.34. The van der Waals surface area contributed by atoms with Crippen LogP contribution in [0.3, 0.4) is 0 Å². The molecule has 8 rings (SSSR count). The first-order chi connectivity index (χ1) is 19.8. The fourth-order valence-corrected chi connectivity index (χ4v) is 5.95. The van der Waals surface area contributed by atoms with E-state index in [1.54, 1.807) is 0 Å². The first-order valence-electron chi connectivity index (χ1n) is 13.6. The third kappa shape index (κ3) is 3.65. The largest absolute Gasteiger partial charge is 0.455 e. The van der Waals surface area contributed by atoms with Crippen molar-refractivity contribution in [1.82, 2.24) is 4.57 Å². The van der Waals surface area contributed by atoms with Crippen molar-refractivity contribution >= 4 is 32.4 Å². The topological polar surface area (TPSA) is 18.1 Å². The maximum atomic E-state index is 6.51. The van der Waals surface area contributed by atoms with E-state index >= 15 is 0 Å². The van der Waals surface area contributed by atoms with Crippen molar-refractivity contribution in [2.45, 2.75) is 0 Å². The molecule has 40 heavy (non-hydrogen) atoms. The Morgan fingerprint density at radius 2 is 1.00 bits per heavy atom. The van der Waals surface area contributed by atoms with Crippen molar-refractivity contribution in [2.24, 2.45) is 0 Å². The van der Waals surface area contributed by atoms with Gasteiger partial charge >= 0.3 is 0 Å². The van der Waals surface area contributed by atoms with Crippen molar-refractivity contribution in [1.29, 1.82) is 0 Å². The van der Waals surface area contributed by atoms with E-state index in [2.05, 4.69) is 150 Å². The molecule has 0 atom stereocenters. The van der Waals surface area contributed by atoms with Crippen molar-refractivity contribution in [2.75, 3.05) is 0 Å². The van der Waals surface area contributed by atoms with Crippen LogP contribution in [0.25, 0.3) is 72.0 Å². The molecule has 0 aliphatic heterocycles.